The Morgan fingerprint density at radius 1 is 1.47 bits per heavy atom. The van der Waals surface area contributed by atoms with E-state index in [4.69, 9.17) is 16.5 Å². The van der Waals surface area contributed by atoms with Crippen molar-refractivity contribution < 1.29 is 4.74 Å². The summed E-state index contributed by atoms with van der Waals surface area (Å²) in [5.41, 5.74) is 1.38. The monoisotopic (exact) mass is 303 g/mol. The van der Waals surface area contributed by atoms with Gasteiger partial charge in [-0.2, -0.15) is 11.8 Å². The van der Waals surface area contributed by atoms with E-state index in [-0.39, 0.29) is 0 Å². The van der Waals surface area contributed by atoms with Gasteiger partial charge in [0.15, 0.2) is 0 Å². The Balaban J connectivity index is 2.02. The standard InChI is InChI=1S/C11H14NOPS3/c1-13-10-4-2-9(3-5-10)11-8-12(17-14-15)6-7-16-11/h2-5,11H,6-8H2,1H3. The molecule has 1 unspecified atom stereocenters. The Morgan fingerprint density at radius 3 is 2.88 bits per heavy atom. The molecule has 1 fully saturated rings. The van der Waals surface area contributed by atoms with Crippen molar-refractivity contribution in [3.05, 3.63) is 29.8 Å². The zero-order valence-corrected chi connectivity index (χ0v) is 12.9. The van der Waals surface area contributed by atoms with Crippen LogP contribution < -0.4 is 4.74 Å². The van der Waals surface area contributed by atoms with Crippen molar-refractivity contribution >= 4 is 41.7 Å². The highest BCUT2D eigenvalue weighted by Gasteiger charge is 2.21. The minimum atomic E-state index is 0.555. The van der Waals surface area contributed by atoms with Gasteiger partial charge in [0.2, 0.25) is 0 Å². The molecule has 2 nitrogen and oxygen atoms in total. The topological polar surface area (TPSA) is 12.5 Å². The number of ether oxygens (including phenoxy) is 1. The molecule has 1 heterocycles. The van der Waals surface area contributed by atoms with Gasteiger partial charge in [-0.3, -0.25) is 0 Å². The first kappa shape index (κ1) is 13.6. The van der Waals surface area contributed by atoms with Gasteiger partial charge in [0.25, 0.3) is 0 Å². The van der Waals surface area contributed by atoms with Gasteiger partial charge in [-0.1, -0.05) is 12.1 Å². The summed E-state index contributed by atoms with van der Waals surface area (Å²) >= 11 is 8.76. The van der Waals surface area contributed by atoms with Gasteiger partial charge in [-0.15, -0.1) is 0 Å². The number of benzene rings is 1. The average Bonchev–Trinajstić information content (AvgIpc) is 2.40. The summed E-state index contributed by atoms with van der Waals surface area (Å²) in [5.74, 6) is 2.10. The van der Waals surface area contributed by atoms with Gasteiger partial charge >= 0.3 is 0 Å². The van der Waals surface area contributed by atoms with E-state index in [2.05, 4.69) is 16.4 Å². The fraction of sp³-hybridized carbons (Fsp3) is 0.455. The summed E-state index contributed by atoms with van der Waals surface area (Å²) in [6, 6.07) is 8.40. The van der Waals surface area contributed by atoms with E-state index < -0.39 is 0 Å². The molecule has 0 radical (unpaired) electrons. The Kier molecular flexibility index (Phi) is 5.57. The van der Waals surface area contributed by atoms with E-state index in [1.807, 2.05) is 23.9 Å². The van der Waals surface area contributed by atoms with Crippen LogP contribution in [0.3, 0.4) is 0 Å². The zero-order chi connectivity index (χ0) is 12.1. The lowest BCUT2D eigenvalue weighted by atomic mass is 10.1. The molecule has 1 aromatic carbocycles. The number of hydrogen-bond acceptors (Lipinski definition) is 5. The van der Waals surface area contributed by atoms with Crippen LogP contribution in [0.2, 0.25) is 0 Å². The second-order valence-corrected chi connectivity index (χ2v) is 8.09. The van der Waals surface area contributed by atoms with Crippen LogP contribution >= 0.6 is 29.9 Å². The second kappa shape index (κ2) is 6.95. The van der Waals surface area contributed by atoms with E-state index in [1.54, 1.807) is 18.7 Å². The molecule has 0 bridgehead atoms. The predicted molar refractivity (Wildman–Crippen MR) is 81.6 cm³/mol. The highest BCUT2D eigenvalue weighted by Crippen LogP contribution is 2.38. The molecule has 1 aromatic rings. The highest BCUT2D eigenvalue weighted by molar-refractivity contribution is 8.56. The molecule has 1 aliphatic heterocycles. The van der Waals surface area contributed by atoms with Gasteiger partial charge in [-0.05, 0) is 41.1 Å². The Bertz CT molecular complexity index is 373. The highest BCUT2D eigenvalue weighted by atomic mass is 32.9. The third-order valence-corrected chi connectivity index (χ3v) is 6.03. The van der Waals surface area contributed by atoms with Crippen molar-refractivity contribution in [1.29, 1.82) is 0 Å². The smallest absolute Gasteiger partial charge is 0.118 e. The second-order valence-electron chi connectivity index (χ2n) is 3.68. The summed E-state index contributed by atoms with van der Waals surface area (Å²) in [6.45, 7) is 3.17. The van der Waals surface area contributed by atoms with Crippen molar-refractivity contribution in [2.45, 2.75) is 5.25 Å². The van der Waals surface area contributed by atoms with Crippen LogP contribution in [0.1, 0.15) is 10.8 Å². The van der Waals surface area contributed by atoms with Crippen molar-refractivity contribution in [2.24, 2.45) is 0 Å². The summed E-state index contributed by atoms with van der Waals surface area (Å²) in [4.78, 5) is 0. The molecule has 1 aliphatic rings. The molecule has 0 aliphatic carbocycles. The third kappa shape index (κ3) is 3.83. The fourth-order valence-electron chi connectivity index (χ4n) is 1.77. The van der Waals surface area contributed by atoms with Crippen molar-refractivity contribution in [2.75, 3.05) is 26.0 Å². The number of hydrogen-bond donors (Lipinski definition) is 0. The van der Waals surface area contributed by atoms with Crippen LogP contribution in [-0.4, -0.2) is 30.3 Å². The maximum Gasteiger partial charge on any atom is 0.118 e. The van der Waals surface area contributed by atoms with Gasteiger partial charge in [0.05, 0.1) is 13.7 Å². The normalized spacial score (nSPS) is 21.6. The minimum Gasteiger partial charge on any atom is -0.497 e. The Labute approximate surface area is 117 Å². The van der Waals surface area contributed by atoms with Crippen LogP contribution in [0.4, 0.5) is 0 Å². The Hall–Kier alpha value is 0.200. The number of thioether (sulfide) groups is 1. The third-order valence-electron chi connectivity index (χ3n) is 2.67. The van der Waals surface area contributed by atoms with Crippen molar-refractivity contribution in [1.82, 2.24) is 4.31 Å². The molecule has 17 heavy (non-hydrogen) atoms. The Morgan fingerprint density at radius 2 is 2.24 bits per heavy atom. The molecular formula is C11H14NOPS3. The minimum absolute atomic E-state index is 0.555. The lowest BCUT2D eigenvalue weighted by Gasteiger charge is -2.30. The van der Waals surface area contributed by atoms with E-state index in [0.717, 1.165) is 25.4 Å². The molecule has 0 saturated carbocycles. The van der Waals surface area contributed by atoms with Crippen molar-refractivity contribution in [3.8, 4) is 5.75 Å². The summed E-state index contributed by atoms with van der Waals surface area (Å²) in [5, 5.41) is 0.555. The molecule has 1 atom stereocenters. The lowest BCUT2D eigenvalue weighted by Crippen LogP contribution is -2.27. The summed E-state index contributed by atoms with van der Waals surface area (Å²) in [7, 11) is 1.70. The van der Waals surface area contributed by atoms with E-state index in [0.29, 0.717) is 5.25 Å². The molecular weight excluding hydrogens is 289 g/mol. The van der Waals surface area contributed by atoms with Gasteiger partial charge in [-0.25, -0.2) is 4.31 Å². The first-order valence-electron chi connectivity index (χ1n) is 5.34. The lowest BCUT2D eigenvalue weighted by molar-refractivity contribution is 0.414. The van der Waals surface area contributed by atoms with Crippen LogP contribution in [0.5, 0.6) is 5.75 Å². The maximum atomic E-state index is 5.18. The van der Waals surface area contributed by atoms with E-state index in [1.165, 1.54) is 11.3 Å². The largest absolute Gasteiger partial charge is 0.497 e. The molecule has 1 saturated heterocycles. The number of nitrogens with zero attached hydrogens (tertiary/aromatic N) is 1. The van der Waals surface area contributed by atoms with Gasteiger partial charge in [0.1, 0.15) is 5.75 Å². The van der Waals surface area contributed by atoms with Crippen molar-refractivity contribution in [3.63, 3.8) is 0 Å². The molecule has 6 heteroatoms. The first-order chi connectivity index (χ1) is 8.33. The predicted octanol–water partition coefficient (Wildman–Crippen LogP) is 3.76. The molecule has 0 spiro atoms. The van der Waals surface area contributed by atoms with E-state index >= 15 is 0 Å². The maximum absolute atomic E-state index is 5.18. The number of methoxy groups -OCH3 is 1. The van der Waals surface area contributed by atoms with Crippen LogP contribution in [0, 0.1) is 0 Å². The van der Waals surface area contributed by atoms with Crippen LogP contribution in [-0.2, 0) is 11.8 Å². The first-order valence-corrected chi connectivity index (χ1v) is 9.67. The SMILES string of the molecule is COc1ccc(C2CN(SP=S)CCS2)cc1. The number of rotatable bonds is 4. The summed E-state index contributed by atoms with van der Waals surface area (Å²) < 4.78 is 7.55. The fourth-order valence-corrected chi connectivity index (χ4v) is 5.28. The van der Waals surface area contributed by atoms with Gasteiger partial charge in [0, 0.05) is 24.1 Å². The molecule has 0 amide bonds. The molecule has 2 rings (SSSR count). The molecule has 0 N–H and O–H groups in total. The molecule has 0 aromatic heterocycles. The average molecular weight is 303 g/mol. The molecule has 92 valence electrons. The zero-order valence-electron chi connectivity index (χ0n) is 9.54. The summed E-state index contributed by atoms with van der Waals surface area (Å²) in [6.07, 6.45) is 0. The van der Waals surface area contributed by atoms with Crippen LogP contribution in [0.25, 0.3) is 0 Å². The van der Waals surface area contributed by atoms with Crippen LogP contribution in [0.15, 0.2) is 24.3 Å². The van der Waals surface area contributed by atoms with Gasteiger partial charge < -0.3 is 4.74 Å². The quantitative estimate of drug-likeness (QED) is 0.618. The van der Waals surface area contributed by atoms with E-state index in [9.17, 15) is 0 Å².